The predicted molar refractivity (Wildman–Crippen MR) is 91.1 cm³/mol. The van der Waals surface area contributed by atoms with E-state index in [9.17, 15) is 8.78 Å². The van der Waals surface area contributed by atoms with Crippen molar-refractivity contribution < 1.29 is 18.3 Å². The number of methoxy groups -OCH3 is 2. The summed E-state index contributed by atoms with van der Waals surface area (Å²) in [6.07, 6.45) is 5.08. The summed E-state index contributed by atoms with van der Waals surface area (Å²) >= 11 is 5.85. The molecule has 0 amide bonds. The van der Waals surface area contributed by atoms with Crippen LogP contribution in [0.4, 0.5) is 8.78 Å². The first-order valence-electron chi connectivity index (χ1n) is 6.98. The first-order chi connectivity index (χ1) is 10.8. The summed E-state index contributed by atoms with van der Waals surface area (Å²) < 4.78 is 38.1. The Morgan fingerprint density at radius 3 is 2.43 bits per heavy atom. The maximum absolute atomic E-state index is 13.9. The average molecular weight is 344 g/mol. The Bertz CT molecular complexity index is 611. The average Bonchev–Trinajstić information content (AvgIpc) is 2.52. The highest BCUT2D eigenvalue weighted by atomic mass is 35.5. The van der Waals surface area contributed by atoms with Crippen LogP contribution in [-0.4, -0.2) is 31.4 Å². The second-order valence-corrected chi connectivity index (χ2v) is 5.34. The van der Waals surface area contributed by atoms with Crippen LogP contribution < -0.4 is 9.47 Å². The third-order valence-electron chi connectivity index (χ3n) is 2.91. The van der Waals surface area contributed by atoms with Crippen LogP contribution in [0.5, 0.6) is 11.5 Å². The molecule has 0 aliphatic carbocycles. The number of aliphatic imine (C=N–C) groups is 1. The summed E-state index contributed by atoms with van der Waals surface area (Å²) in [5.74, 6) is 0.992. The summed E-state index contributed by atoms with van der Waals surface area (Å²) in [4.78, 5) is 3.41. The van der Waals surface area contributed by atoms with Crippen molar-refractivity contribution in [3.63, 3.8) is 0 Å². The van der Waals surface area contributed by atoms with Crippen LogP contribution in [0, 0.1) is 0 Å². The third kappa shape index (κ3) is 6.02. The molecular formula is C17H20ClF2NO2. The number of benzene rings is 1. The van der Waals surface area contributed by atoms with Gasteiger partial charge in [-0.15, -0.1) is 11.6 Å². The molecule has 0 saturated heterocycles. The lowest BCUT2D eigenvalue weighted by molar-refractivity contribution is 0.0670. The lowest BCUT2D eigenvalue weighted by Gasteiger charge is -2.11. The van der Waals surface area contributed by atoms with Gasteiger partial charge in [0.2, 0.25) is 0 Å². The van der Waals surface area contributed by atoms with Crippen molar-refractivity contribution >= 4 is 23.4 Å². The number of alkyl halides is 3. The van der Waals surface area contributed by atoms with Gasteiger partial charge in [-0.25, -0.2) is 4.99 Å². The number of rotatable bonds is 7. The number of ether oxygens (including phenoxy) is 2. The Labute approximate surface area is 140 Å². The van der Waals surface area contributed by atoms with E-state index >= 15 is 0 Å². The standard InChI is InChI=1S/C17H20ClF2NO2/c1-5-6-14(12(2)18)21-17(19,20)10-9-13-7-8-15(22-3)16(11-13)23-4/h5-12H,1-4H3/b6-5-,10-9?,21-14?. The fourth-order valence-electron chi connectivity index (χ4n) is 1.79. The molecule has 6 heteroatoms. The molecule has 0 aliphatic rings. The second kappa shape index (κ2) is 8.67. The van der Waals surface area contributed by atoms with Crippen LogP contribution in [0.1, 0.15) is 19.4 Å². The first-order valence-corrected chi connectivity index (χ1v) is 7.42. The quantitative estimate of drug-likeness (QED) is 0.398. The van der Waals surface area contributed by atoms with E-state index in [1.54, 1.807) is 38.1 Å². The monoisotopic (exact) mass is 343 g/mol. The van der Waals surface area contributed by atoms with Gasteiger partial charge in [0, 0.05) is 6.08 Å². The van der Waals surface area contributed by atoms with Crippen molar-refractivity contribution in [2.24, 2.45) is 4.99 Å². The summed E-state index contributed by atoms with van der Waals surface area (Å²) in [5.41, 5.74) is 0.667. The molecule has 0 spiro atoms. The highest BCUT2D eigenvalue weighted by Gasteiger charge is 2.25. The zero-order valence-electron chi connectivity index (χ0n) is 13.5. The van der Waals surface area contributed by atoms with Gasteiger partial charge in [0.15, 0.2) is 11.5 Å². The molecule has 126 valence electrons. The normalized spacial score (nSPS) is 14.5. The number of hydrogen-bond acceptors (Lipinski definition) is 3. The number of hydrogen-bond donors (Lipinski definition) is 0. The summed E-state index contributed by atoms with van der Waals surface area (Å²) in [5, 5.41) is -0.605. The summed E-state index contributed by atoms with van der Waals surface area (Å²) in [6.45, 7) is 3.31. The third-order valence-corrected chi connectivity index (χ3v) is 3.13. The van der Waals surface area contributed by atoms with E-state index in [-0.39, 0.29) is 5.71 Å². The van der Waals surface area contributed by atoms with Crippen molar-refractivity contribution in [3.8, 4) is 11.5 Å². The van der Waals surface area contributed by atoms with E-state index in [4.69, 9.17) is 21.1 Å². The Morgan fingerprint density at radius 1 is 1.26 bits per heavy atom. The van der Waals surface area contributed by atoms with Gasteiger partial charge in [0.05, 0.1) is 25.3 Å². The second-order valence-electron chi connectivity index (χ2n) is 4.69. The fraction of sp³-hybridized carbons (Fsp3) is 0.353. The van der Waals surface area contributed by atoms with Crippen LogP contribution in [0.2, 0.25) is 0 Å². The van der Waals surface area contributed by atoms with Gasteiger partial charge in [-0.2, -0.15) is 8.78 Å². The number of nitrogens with zero attached hydrogens (tertiary/aromatic N) is 1. The summed E-state index contributed by atoms with van der Waals surface area (Å²) in [7, 11) is 2.99. The SMILES string of the molecule is C/C=C\C(=NC(F)(F)C=Cc1ccc(OC)c(OC)c1)C(C)Cl. The van der Waals surface area contributed by atoms with Gasteiger partial charge in [-0.3, -0.25) is 0 Å². The molecule has 1 unspecified atom stereocenters. The van der Waals surface area contributed by atoms with Crippen LogP contribution in [0.25, 0.3) is 6.08 Å². The van der Waals surface area contributed by atoms with E-state index in [2.05, 4.69) is 4.99 Å². The highest BCUT2D eigenvalue weighted by Crippen LogP contribution is 2.29. The predicted octanol–water partition coefficient (Wildman–Crippen LogP) is 4.95. The molecule has 1 aromatic carbocycles. The maximum atomic E-state index is 13.9. The van der Waals surface area contributed by atoms with Gasteiger partial charge in [0.1, 0.15) is 0 Å². The van der Waals surface area contributed by atoms with Gasteiger partial charge in [-0.05, 0) is 37.6 Å². The Hall–Kier alpha value is -1.88. The molecule has 0 aromatic heterocycles. The van der Waals surface area contributed by atoms with Crippen molar-refractivity contribution in [1.29, 1.82) is 0 Å². The largest absolute Gasteiger partial charge is 0.493 e. The molecule has 23 heavy (non-hydrogen) atoms. The maximum Gasteiger partial charge on any atom is 0.363 e. The van der Waals surface area contributed by atoms with Crippen LogP contribution in [-0.2, 0) is 0 Å². The lowest BCUT2D eigenvalue weighted by atomic mass is 10.2. The van der Waals surface area contributed by atoms with E-state index in [1.165, 1.54) is 26.4 Å². The molecule has 0 aliphatic heterocycles. The van der Waals surface area contributed by atoms with E-state index in [0.717, 1.165) is 6.08 Å². The molecule has 0 saturated carbocycles. The number of halogens is 3. The number of allylic oxidation sites excluding steroid dienone is 2. The minimum absolute atomic E-state index is 0.121. The molecule has 0 N–H and O–H groups in total. The zero-order valence-corrected chi connectivity index (χ0v) is 14.3. The van der Waals surface area contributed by atoms with Crippen LogP contribution in [0.3, 0.4) is 0 Å². The smallest absolute Gasteiger partial charge is 0.363 e. The van der Waals surface area contributed by atoms with Crippen LogP contribution in [0.15, 0.2) is 41.4 Å². The van der Waals surface area contributed by atoms with Crippen molar-refractivity contribution in [1.82, 2.24) is 0 Å². The minimum atomic E-state index is -3.36. The van der Waals surface area contributed by atoms with Gasteiger partial charge in [0.25, 0.3) is 0 Å². The first kappa shape index (κ1) is 19.2. The van der Waals surface area contributed by atoms with E-state index < -0.39 is 11.4 Å². The topological polar surface area (TPSA) is 30.8 Å². The molecule has 1 rings (SSSR count). The fourth-order valence-corrected chi connectivity index (χ4v) is 1.91. The van der Waals surface area contributed by atoms with Crippen molar-refractivity contribution in [2.45, 2.75) is 25.3 Å². The molecule has 1 atom stereocenters. The van der Waals surface area contributed by atoms with Crippen molar-refractivity contribution in [2.75, 3.05) is 14.2 Å². The molecule has 0 heterocycles. The molecule has 0 radical (unpaired) electrons. The zero-order chi connectivity index (χ0) is 17.5. The molecule has 0 bridgehead atoms. The Morgan fingerprint density at radius 2 is 1.91 bits per heavy atom. The minimum Gasteiger partial charge on any atom is -0.493 e. The van der Waals surface area contributed by atoms with Gasteiger partial charge in [-0.1, -0.05) is 18.2 Å². The lowest BCUT2D eigenvalue weighted by Crippen LogP contribution is -2.16. The Kier molecular flexibility index (Phi) is 7.23. The van der Waals surface area contributed by atoms with Crippen LogP contribution >= 0.6 is 11.6 Å². The van der Waals surface area contributed by atoms with Gasteiger partial charge >= 0.3 is 6.05 Å². The molecular weight excluding hydrogens is 324 g/mol. The Balaban J connectivity index is 3.04. The molecule has 1 aromatic rings. The summed E-state index contributed by atoms with van der Waals surface area (Å²) in [6, 6.07) is 1.54. The molecule has 0 fully saturated rings. The van der Waals surface area contributed by atoms with Gasteiger partial charge < -0.3 is 9.47 Å². The molecule has 3 nitrogen and oxygen atoms in total. The van der Waals surface area contributed by atoms with Crippen molar-refractivity contribution in [3.05, 3.63) is 42.0 Å². The highest BCUT2D eigenvalue weighted by molar-refractivity contribution is 6.33. The van der Waals surface area contributed by atoms with E-state index in [0.29, 0.717) is 17.1 Å². The van der Waals surface area contributed by atoms with E-state index in [1.807, 2.05) is 0 Å².